The molecule has 1 heterocycles. The number of aromatic nitrogens is 2. The van der Waals surface area contributed by atoms with Crippen molar-refractivity contribution in [3.63, 3.8) is 0 Å². The van der Waals surface area contributed by atoms with Gasteiger partial charge in [-0.2, -0.15) is 5.26 Å². The van der Waals surface area contributed by atoms with Crippen molar-refractivity contribution in [1.82, 2.24) is 9.97 Å². The maximum absolute atomic E-state index is 14.9. The van der Waals surface area contributed by atoms with Gasteiger partial charge in [-0.15, -0.1) is 0 Å². The number of hydrogen-bond acceptors (Lipinski definition) is 4. The molecule has 33 heavy (non-hydrogen) atoms. The van der Waals surface area contributed by atoms with Gasteiger partial charge in [0.05, 0.1) is 18.0 Å². The number of hydrogen-bond donors (Lipinski definition) is 1. The molecule has 5 heteroatoms. The van der Waals surface area contributed by atoms with Crippen molar-refractivity contribution in [3.05, 3.63) is 109 Å². The lowest BCUT2D eigenvalue weighted by molar-refractivity contribution is 0.632. The van der Waals surface area contributed by atoms with Gasteiger partial charge in [0.1, 0.15) is 5.82 Å². The van der Waals surface area contributed by atoms with E-state index in [0.717, 1.165) is 38.8 Å². The summed E-state index contributed by atoms with van der Waals surface area (Å²) < 4.78 is 14.9. The third kappa shape index (κ3) is 4.41. The molecule has 0 atom stereocenters. The van der Waals surface area contributed by atoms with Gasteiger partial charge in [-0.1, -0.05) is 60.7 Å². The zero-order chi connectivity index (χ0) is 22.6. The summed E-state index contributed by atoms with van der Waals surface area (Å²) in [4.78, 5) is 8.98. The van der Waals surface area contributed by atoms with Crippen LogP contribution in [0.3, 0.4) is 0 Å². The Morgan fingerprint density at radius 1 is 0.818 bits per heavy atom. The summed E-state index contributed by atoms with van der Waals surface area (Å²) in [5, 5.41) is 12.8. The minimum Gasteiger partial charge on any atom is -0.324 e. The second-order valence-electron chi connectivity index (χ2n) is 7.68. The molecule has 0 saturated heterocycles. The molecule has 0 spiro atoms. The number of rotatable bonds is 5. The topological polar surface area (TPSA) is 61.6 Å². The van der Waals surface area contributed by atoms with E-state index in [2.05, 4.69) is 21.4 Å². The highest BCUT2D eigenvalue weighted by atomic mass is 19.1. The van der Waals surface area contributed by atoms with Gasteiger partial charge in [0.15, 0.2) is 0 Å². The molecule has 0 aliphatic carbocycles. The van der Waals surface area contributed by atoms with Gasteiger partial charge >= 0.3 is 0 Å². The Balaban J connectivity index is 1.39. The minimum absolute atomic E-state index is 0.269. The van der Waals surface area contributed by atoms with Gasteiger partial charge < -0.3 is 5.32 Å². The van der Waals surface area contributed by atoms with Gasteiger partial charge in [0, 0.05) is 22.8 Å². The first-order valence-electron chi connectivity index (χ1n) is 10.5. The van der Waals surface area contributed by atoms with Crippen LogP contribution in [-0.2, 0) is 6.42 Å². The number of fused-ring (bicyclic) bond motifs is 1. The fourth-order valence-corrected chi connectivity index (χ4v) is 3.75. The van der Waals surface area contributed by atoms with E-state index in [0.29, 0.717) is 17.9 Å². The number of halogens is 1. The number of nitrogens with one attached hydrogen (secondary N) is 1. The molecule has 0 aliphatic rings. The number of nitrogens with zero attached hydrogens (tertiary/aromatic N) is 3. The highest BCUT2D eigenvalue weighted by Gasteiger charge is 2.09. The highest BCUT2D eigenvalue weighted by Crippen LogP contribution is 2.30. The first kappa shape index (κ1) is 20.3. The predicted molar refractivity (Wildman–Crippen MR) is 129 cm³/mol. The second-order valence-corrected chi connectivity index (χ2v) is 7.68. The van der Waals surface area contributed by atoms with Crippen LogP contribution in [-0.4, -0.2) is 9.97 Å². The first-order chi connectivity index (χ1) is 16.2. The van der Waals surface area contributed by atoms with Crippen LogP contribution in [0.15, 0.2) is 97.2 Å². The molecule has 5 aromatic rings. The second kappa shape index (κ2) is 8.89. The number of benzene rings is 4. The van der Waals surface area contributed by atoms with Crippen LogP contribution in [0, 0.1) is 17.1 Å². The lowest BCUT2D eigenvalue weighted by Gasteiger charge is -2.09. The molecule has 0 unspecified atom stereocenters. The van der Waals surface area contributed by atoms with Gasteiger partial charge in [-0.3, -0.25) is 0 Å². The number of anilines is 2. The first-order valence-corrected chi connectivity index (χ1v) is 10.5. The average molecular weight is 430 g/mol. The molecule has 0 fully saturated rings. The molecular formula is C28H19FN4. The van der Waals surface area contributed by atoms with E-state index in [1.807, 2.05) is 84.9 Å². The molecule has 0 saturated carbocycles. The smallest absolute Gasteiger partial charge is 0.227 e. The molecule has 5 rings (SSSR count). The Bertz CT molecular complexity index is 1470. The van der Waals surface area contributed by atoms with Crippen molar-refractivity contribution in [3.8, 4) is 28.3 Å². The maximum atomic E-state index is 14.9. The monoisotopic (exact) mass is 430 g/mol. The molecule has 1 aromatic heterocycles. The Kier molecular flexibility index (Phi) is 5.48. The minimum atomic E-state index is -0.269. The summed E-state index contributed by atoms with van der Waals surface area (Å²) in [6.07, 6.45) is 2.11. The van der Waals surface area contributed by atoms with E-state index in [4.69, 9.17) is 5.26 Å². The molecule has 158 valence electrons. The van der Waals surface area contributed by atoms with Crippen molar-refractivity contribution in [2.24, 2.45) is 0 Å². The molecular weight excluding hydrogens is 411 g/mol. The third-order valence-electron chi connectivity index (χ3n) is 5.46. The summed E-state index contributed by atoms with van der Waals surface area (Å²) in [6, 6.07) is 30.4. The van der Waals surface area contributed by atoms with E-state index >= 15 is 0 Å². The molecule has 1 N–H and O–H groups in total. The van der Waals surface area contributed by atoms with Crippen LogP contribution in [0.1, 0.15) is 5.56 Å². The van der Waals surface area contributed by atoms with E-state index in [1.54, 1.807) is 12.3 Å². The summed E-state index contributed by atoms with van der Waals surface area (Å²) >= 11 is 0. The van der Waals surface area contributed by atoms with Gasteiger partial charge in [0.25, 0.3) is 0 Å². The normalized spacial score (nSPS) is 10.7. The van der Waals surface area contributed by atoms with Gasteiger partial charge in [-0.25, -0.2) is 14.4 Å². The van der Waals surface area contributed by atoms with Gasteiger partial charge in [0.2, 0.25) is 5.95 Å². The lowest BCUT2D eigenvalue weighted by Crippen LogP contribution is -1.97. The molecule has 0 radical (unpaired) electrons. The molecule has 0 aliphatic heterocycles. The van der Waals surface area contributed by atoms with Crippen LogP contribution < -0.4 is 5.32 Å². The van der Waals surface area contributed by atoms with Crippen molar-refractivity contribution < 1.29 is 4.39 Å². The number of nitriles is 1. The quantitative estimate of drug-likeness (QED) is 0.329. The maximum Gasteiger partial charge on any atom is 0.227 e. The predicted octanol–water partition coefficient (Wildman–Crippen LogP) is 6.91. The summed E-state index contributed by atoms with van der Waals surface area (Å²) in [5.41, 5.74) is 5.70. The Hall–Kier alpha value is -4.56. The Morgan fingerprint density at radius 2 is 1.61 bits per heavy atom. The van der Waals surface area contributed by atoms with Crippen molar-refractivity contribution >= 4 is 22.5 Å². The average Bonchev–Trinajstić information content (AvgIpc) is 2.86. The SMILES string of the molecule is N#CCc1ccc(Nc2ncc3cc(-c4ccc(-c5ccccc5)cc4F)ccc3n2)cc1. The summed E-state index contributed by atoms with van der Waals surface area (Å²) in [6.45, 7) is 0. The van der Waals surface area contributed by atoms with E-state index in [9.17, 15) is 4.39 Å². The zero-order valence-electron chi connectivity index (χ0n) is 17.7. The van der Waals surface area contributed by atoms with Crippen molar-refractivity contribution in [2.75, 3.05) is 5.32 Å². The Labute approximate surface area is 191 Å². The standard InChI is InChI=1S/C28H19FN4/c29-26-17-21(20-4-2-1-3-5-20)8-12-25(26)22-9-13-27-23(16-22)18-31-28(33-27)32-24-10-6-19(7-11-24)14-15-30/h1-13,16-18H,14H2,(H,31,32,33). The zero-order valence-corrected chi connectivity index (χ0v) is 17.7. The lowest BCUT2D eigenvalue weighted by atomic mass is 9.99. The van der Waals surface area contributed by atoms with E-state index in [1.165, 1.54) is 0 Å². The fourth-order valence-electron chi connectivity index (χ4n) is 3.75. The largest absolute Gasteiger partial charge is 0.324 e. The van der Waals surface area contributed by atoms with Crippen LogP contribution in [0.4, 0.5) is 16.0 Å². The van der Waals surface area contributed by atoms with Crippen LogP contribution in [0.5, 0.6) is 0 Å². The summed E-state index contributed by atoms with van der Waals surface area (Å²) in [7, 11) is 0. The van der Waals surface area contributed by atoms with Crippen LogP contribution in [0.25, 0.3) is 33.2 Å². The molecule has 4 nitrogen and oxygen atoms in total. The summed E-state index contributed by atoms with van der Waals surface area (Å²) in [5.74, 6) is 0.205. The Morgan fingerprint density at radius 3 is 2.36 bits per heavy atom. The van der Waals surface area contributed by atoms with Crippen LogP contribution >= 0.6 is 0 Å². The third-order valence-corrected chi connectivity index (χ3v) is 5.46. The van der Waals surface area contributed by atoms with Gasteiger partial charge in [-0.05, 0) is 52.6 Å². The molecule has 4 aromatic carbocycles. The van der Waals surface area contributed by atoms with Crippen molar-refractivity contribution in [2.45, 2.75) is 6.42 Å². The molecule has 0 bridgehead atoms. The molecule has 0 amide bonds. The fraction of sp³-hybridized carbons (Fsp3) is 0.0357. The van der Waals surface area contributed by atoms with E-state index in [-0.39, 0.29) is 5.82 Å². The van der Waals surface area contributed by atoms with Crippen molar-refractivity contribution in [1.29, 1.82) is 5.26 Å². The van der Waals surface area contributed by atoms with Crippen LogP contribution in [0.2, 0.25) is 0 Å². The van der Waals surface area contributed by atoms with E-state index < -0.39 is 0 Å². The highest BCUT2D eigenvalue weighted by molar-refractivity contribution is 5.85.